The summed E-state index contributed by atoms with van der Waals surface area (Å²) < 4.78 is 71.0. The van der Waals surface area contributed by atoms with Crippen LogP contribution >= 0.6 is 0 Å². The van der Waals surface area contributed by atoms with Gasteiger partial charge in [0.05, 0.1) is 94.4 Å². The summed E-state index contributed by atoms with van der Waals surface area (Å²) in [5, 5.41) is 42.3. The third kappa shape index (κ3) is 24.4. The van der Waals surface area contributed by atoms with Crippen LogP contribution in [0.1, 0.15) is 138 Å². The molecule has 8 heterocycles. The number of nitrogens with two attached hydrogens (primary N) is 7. The van der Waals surface area contributed by atoms with Crippen molar-refractivity contribution in [2.75, 3.05) is 91.2 Å². The van der Waals surface area contributed by atoms with Crippen LogP contribution in [0.2, 0.25) is 0 Å². The van der Waals surface area contributed by atoms with E-state index >= 15 is 0 Å². The molecule has 0 spiro atoms. The van der Waals surface area contributed by atoms with Crippen molar-refractivity contribution in [3.8, 4) is 126 Å². The van der Waals surface area contributed by atoms with Gasteiger partial charge in [0.1, 0.15) is 63.6 Å². The van der Waals surface area contributed by atoms with Gasteiger partial charge in [-0.1, -0.05) is 89.9 Å². The first-order valence-corrected chi connectivity index (χ1v) is 38.3. The average molecular weight is 1770 g/mol. The van der Waals surface area contributed by atoms with Crippen molar-refractivity contribution in [1.82, 2.24) is 80.3 Å². The van der Waals surface area contributed by atoms with Gasteiger partial charge in [-0.2, -0.15) is 45.1 Å². The largest absolute Gasteiger partial charge is 0.496 e. The zero-order valence-corrected chi connectivity index (χ0v) is 72.1. The lowest BCUT2D eigenvalue weighted by molar-refractivity contribution is -0.106. The molecule has 13 rings (SSSR count). The van der Waals surface area contributed by atoms with E-state index in [9.17, 15) is 24.4 Å². The molecule has 0 saturated carbocycles. The number of amidine groups is 1. The topological polar surface area (TPSA) is 693 Å². The predicted molar refractivity (Wildman–Crippen MR) is 468 cm³/mol. The highest BCUT2D eigenvalue weighted by Crippen LogP contribution is 2.46. The number of carbonyl (C=O) groups is 4. The van der Waals surface area contributed by atoms with Gasteiger partial charge >= 0.3 is 0 Å². The third-order valence-corrected chi connectivity index (χ3v) is 17.9. The zero-order chi connectivity index (χ0) is 93.7. The molecule has 19 N–H and O–H groups in total. The van der Waals surface area contributed by atoms with E-state index in [1.165, 1.54) is 64.4 Å². The maximum atomic E-state index is 11.0. The number of amides is 4. The predicted octanol–water partition coefficient (Wildman–Crippen LogP) is 11.9. The first kappa shape index (κ1) is 95.2. The molecule has 47 nitrogen and oxygen atoms in total. The number of nitrogens with zero attached hydrogens (tertiary/aromatic N) is 18. The molecular weight excluding hydrogens is 1680 g/mol. The quantitative estimate of drug-likeness (QED) is 0.00612. The highest BCUT2D eigenvalue weighted by Gasteiger charge is 2.27. The minimum atomic E-state index is -0.103. The minimum absolute atomic E-state index is 0.0120. The molecule has 129 heavy (non-hydrogen) atoms. The smallest absolute Gasteiger partial charge is 0.231 e. The van der Waals surface area contributed by atoms with E-state index in [4.69, 9.17) is 106 Å². The van der Waals surface area contributed by atoms with Crippen molar-refractivity contribution in [3.63, 3.8) is 0 Å². The van der Waals surface area contributed by atoms with E-state index < -0.39 is 0 Å². The van der Waals surface area contributed by atoms with Crippen molar-refractivity contribution < 1.29 is 85.3 Å². The monoisotopic (exact) mass is 1770 g/mol. The van der Waals surface area contributed by atoms with Gasteiger partial charge in [0.25, 0.3) is 0 Å². The van der Waals surface area contributed by atoms with Gasteiger partial charge in [0.15, 0.2) is 63.7 Å². The molecule has 672 valence electrons. The lowest BCUT2D eigenvalue weighted by atomic mass is 9.99. The second-order valence-corrected chi connectivity index (χ2v) is 27.9. The van der Waals surface area contributed by atoms with Gasteiger partial charge in [-0.15, -0.1) is 0 Å². The summed E-state index contributed by atoms with van der Waals surface area (Å²) in [6.45, 7) is 20.1. The highest BCUT2D eigenvalue weighted by molar-refractivity contribution is 6.00. The Balaban J connectivity index is 0.000000182. The number of carbonyl (C=O) groups excluding carboxylic acids is 4. The fourth-order valence-corrected chi connectivity index (χ4v) is 11.6. The van der Waals surface area contributed by atoms with Crippen LogP contribution in [-0.2, 0) is 19.2 Å². The Morgan fingerprint density at radius 2 is 0.674 bits per heavy atom. The lowest BCUT2D eigenvalue weighted by Crippen LogP contribution is -2.15. The summed E-state index contributed by atoms with van der Waals surface area (Å²) in [6.07, 6.45) is 12.4. The van der Waals surface area contributed by atoms with E-state index in [2.05, 4.69) is 113 Å². The van der Waals surface area contributed by atoms with Gasteiger partial charge in [-0.3, -0.25) is 29.8 Å². The summed E-state index contributed by atoms with van der Waals surface area (Å²) >= 11 is 0. The molecule has 13 aromatic rings. The van der Waals surface area contributed by atoms with E-state index in [-0.39, 0.29) is 123 Å². The van der Waals surface area contributed by atoms with Crippen LogP contribution in [0.5, 0.6) is 86.2 Å². The molecule has 5 aromatic carbocycles. The SMILES string of the molecule is COc1cc(C(C)C)c(Oc2cnc(N)nc2N)cc1/C(N)=N/O.COc1cc(C(C)C)c(Oc2cnc(N)nc2N)cc1C#N.COc1cc(C(C)C)c(Oc2cnc(N)nc2NC=O)cc1-c1ncon1.COc1cc(C(C)C)c(Oc2cnc(NC=O)nc2N)cc1-c1ncon1.COc1cc(C(C)C)c(Oc2cnc(NC=O)nc2NC=O)cc1-c1ncon1. The highest BCUT2D eigenvalue weighted by atomic mass is 16.5. The van der Waals surface area contributed by atoms with Gasteiger partial charge < -0.3 is 117 Å². The molecular formula is C82H91N29O18. The Hall–Kier alpha value is -17.6. The molecule has 8 aromatic heterocycles. The van der Waals surface area contributed by atoms with Crippen LogP contribution in [0, 0.1) is 11.3 Å². The normalized spacial score (nSPS) is 10.7. The number of anilines is 10. The molecule has 0 atom stereocenters. The second-order valence-electron chi connectivity index (χ2n) is 27.9. The van der Waals surface area contributed by atoms with Crippen LogP contribution in [0.25, 0.3) is 34.2 Å². The number of nitrogens with one attached hydrogen (secondary N) is 4. The van der Waals surface area contributed by atoms with E-state index in [1.54, 1.807) is 63.8 Å². The molecule has 0 bridgehead atoms. The summed E-state index contributed by atoms with van der Waals surface area (Å²) in [5.74, 6) is 8.70. The molecule has 0 aliphatic heterocycles. The summed E-state index contributed by atoms with van der Waals surface area (Å²) in [5.41, 5.74) is 46.6. The number of ether oxygens (including phenoxy) is 10. The standard InChI is InChI=1S/C18H18N6O5.2C17H18N6O4.C15H20N6O3.C15H17N5O2/c1-10(2)11-4-13(27-3)12(16-22-9-28-24-16)5-14(11)29-15-6-19-18(21-8-26)23-17(15)20-7-25;1-9(2)10-4-12(25-3)11(16-21-8-26-23-16)5-13(10)27-14-6-19-17(20-7-24)22-15(14)18;1-9(2)10-4-12(25-3)11(15-21-8-26-23-15)5-13(10)27-14-6-19-17(18)22-16(14)20-7-24;1-7(2)8-4-10(23-3)9(13(16)21-22)5-11(8)24-12-6-19-15(18)20-14(12)17;1-8(2)10-5-11(21-3)9(6-16)4-12(10)22-13-7-19-15(18)20-14(13)17/h4-10H,1-3H3,(H2,19,20,21,23,25,26);2*4-9H,1-3H3,(H3,18,19,20,22,24);4-7,22H,1-3H3,(H2,16,21)(H4,17,18,19,20);4-5,7-8H,1-3H3,(H4,17,18,19,20). The fraction of sp³-hybridized carbons (Fsp3) is 0.244. The van der Waals surface area contributed by atoms with Crippen molar-refractivity contribution in [2.24, 2.45) is 10.9 Å². The van der Waals surface area contributed by atoms with Crippen LogP contribution in [0.3, 0.4) is 0 Å². The van der Waals surface area contributed by atoms with Crippen molar-refractivity contribution in [3.05, 3.63) is 150 Å². The van der Waals surface area contributed by atoms with E-state index in [0.717, 1.165) is 27.8 Å². The van der Waals surface area contributed by atoms with Crippen LogP contribution in [0.4, 0.5) is 58.8 Å². The van der Waals surface area contributed by atoms with Gasteiger partial charge in [0, 0.05) is 33.9 Å². The molecule has 0 radical (unpaired) electrons. The maximum Gasteiger partial charge on any atom is 0.231 e. The summed E-state index contributed by atoms with van der Waals surface area (Å²) in [7, 11) is 7.69. The number of rotatable bonds is 32. The van der Waals surface area contributed by atoms with Crippen molar-refractivity contribution in [2.45, 2.75) is 98.8 Å². The number of oxime groups is 1. The van der Waals surface area contributed by atoms with Gasteiger partial charge in [0.2, 0.25) is 92.0 Å². The Kier molecular flexibility index (Phi) is 33.2. The Morgan fingerprint density at radius 1 is 0.372 bits per heavy atom. The number of hydrogen-bond acceptors (Lipinski definition) is 42. The number of methoxy groups -OCH3 is 5. The van der Waals surface area contributed by atoms with Gasteiger partial charge in [-0.05, 0) is 84.2 Å². The number of benzene rings is 5. The molecule has 0 fully saturated rings. The van der Waals surface area contributed by atoms with E-state index in [0.29, 0.717) is 128 Å². The Bertz CT molecular complexity index is 6100. The molecule has 0 unspecified atom stereocenters. The van der Waals surface area contributed by atoms with Crippen LogP contribution in [0.15, 0.2) is 130 Å². The Morgan fingerprint density at radius 3 is 1.00 bits per heavy atom. The minimum Gasteiger partial charge on any atom is -0.496 e. The molecule has 47 heteroatoms. The zero-order valence-electron chi connectivity index (χ0n) is 72.1. The summed E-state index contributed by atoms with van der Waals surface area (Å²) in [4.78, 5) is 94.4. The summed E-state index contributed by atoms with van der Waals surface area (Å²) in [6, 6.07) is 19.6. The lowest BCUT2D eigenvalue weighted by Gasteiger charge is -2.18. The van der Waals surface area contributed by atoms with Crippen molar-refractivity contribution >= 4 is 90.3 Å². The fourth-order valence-electron chi connectivity index (χ4n) is 11.6. The Labute approximate surface area is 735 Å². The van der Waals surface area contributed by atoms with Crippen LogP contribution in [-0.4, -0.2) is 152 Å². The average Bonchev–Trinajstić information content (AvgIpc) is 1.80. The first-order valence-electron chi connectivity index (χ1n) is 38.3. The third-order valence-electron chi connectivity index (χ3n) is 17.9. The number of nitriles is 1. The molecule has 4 amide bonds. The van der Waals surface area contributed by atoms with Crippen molar-refractivity contribution in [1.29, 1.82) is 5.26 Å². The maximum absolute atomic E-state index is 11.0. The molecule has 0 aliphatic rings. The van der Waals surface area contributed by atoms with Crippen LogP contribution < -0.4 is 109 Å². The molecule has 0 saturated heterocycles. The number of hydrogen-bond donors (Lipinski definition) is 12. The van der Waals surface area contributed by atoms with Gasteiger partial charge in [-0.25, -0.2) is 24.9 Å². The first-order chi connectivity index (χ1) is 61.9. The van der Waals surface area contributed by atoms with E-state index in [1.807, 2.05) is 87.4 Å². The second kappa shape index (κ2) is 44.9. The number of aromatic nitrogens is 16. The number of nitrogen functional groups attached to an aromatic ring is 6. The molecule has 0 aliphatic carbocycles.